The van der Waals surface area contributed by atoms with Crippen molar-refractivity contribution < 1.29 is 9.09 Å². The molecule has 0 N–H and O–H groups in total. The van der Waals surface area contributed by atoms with Crippen molar-refractivity contribution >= 4 is 7.52 Å². The molecule has 1 atom stereocenters. The standard InChI is InChI=1S/C14H29N2O2P/c1-5-6-7-8-9-10-11-12-18-19(17,13-15)16(4)14(2)3/h14H,5-12H2,1-4H3. The zero-order valence-corrected chi connectivity index (χ0v) is 13.8. The predicted octanol–water partition coefficient (Wildman–Crippen LogP) is 4.77. The molecule has 5 heteroatoms. The molecule has 19 heavy (non-hydrogen) atoms. The highest BCUT2D eigenvalue weighted by Crippen LogP contribution is 2.49. The molecule has 0 aliphatic carbocycles. The fourth-order valence-electron chi connectivity index (χ4n) is 1.74. The van der Waals surface area contributed by atoms with Crippen LogP contribution in [0.2, 0.25) is 0 Å². The quantitative estimate of drug-likeness (QED) is 0.406. The molecular formula is C14H29N2O2P. The summed E-state index contributed by atoms with van der Waals surface area (Å²) in [4.78, 5) is 0. The van der Waals surface area contributed by atoms with Crippen molar-refractivity contribution in [3.63, 3.8) is 0 Å². The minimum atomic E-state index is -3.27. The maximum absolute atomic E-state index is 12.2. The van der Waals surface area contributed by atoms with Crippen molar-refractivity contribution in [3.05, 3.63) is 0 Å². The maximum atomic E-state index is 12.2. The van der Waals surface area contributed by atoms with E-state index in [-0.39, 0.29) is 6.04 Å². The highest BCUT2D eigenvalue weighted by atomic mass is 31.2. The minimum Gasteiger partial charge on any atom is -0.307 e. The lowest BCUT2D eigenvalue weighted by atomic mass is 10.1. The molecule has 0 radical (unpaired) electrons. The van der Waals surface area contributed by atoms with E-state index in [1.165, 1.54) is 36.8 Å². The van der Waals surface area contributed by atoms with Crippen LogP contribution in [0.4, 0.5) is 0 Å². The first kappa shape index (κ1) is 18.6. The lowest BCUT2D eigenvalue weighted by Gasteiger charge is -2.25. The van der Waals surface area contributed by atoms with Gasteiger partial charge in [-0.2, -0.15) is 5.26 Å². The molecule has 0 bridgehead atoms. The lowest BCUT2D eigenvalue weighted by Crippen LogP contribution is -2.23. The zero-order valence-electron chi connectivity index (χ0n) is 12.9. The highest BCUT2D eigenvalue weighted by Gasteiger charge is 2.30. The van der Waals surface area contributed by atoms with Crippen LogP contribution in [0, 0.1) is 11.1 Å². The lowest BCUT2D eigenvalue weighted by molar-refractivity contribution is 0.259. The topological polar surface area (TPSA) is 53.3 Å². The van der Waals surface area contributed by atoms with Crippen LogP contribution < -0.4 is 0 Å². The Hall–Kier alpha value is -0.360. The molecule has 0 heterocycles. The predicted molar refractivity (Wildman–Crippen MR) is 80.1 cm³/mol. The van der Waals surface area contributed by atoms with E-state index in [4.69, 9.17) is 9.79 Å². The number of hydrogen-bond acceptors (Lipinski definition) is 3. The number of rotatable bonds is 11. The molecule has 0 aromatic carbocycles. The molecule has 0 spiro atoms. The molecule has 1 unspecified atom stereocenters. The molecule has 0 rings (SSSR count). The summed E-state index contributed by atoms with van der Waals surface area (Å²) in [6.45, 7) is 6.43. The molecule has 0 aromatic heterocycles. The Bertz CT molecular complexity index is 313. The fourth-order valence-corrected chi connectivity index (χ4v) is 3.11. The Morgan fingerprint density at radius 1 is 1.16 bits per heavy atom. The Balaban J connectivity index is 3.80. The molecular weight excluding hydrogens is 259 g/mol. The van der Waals surface area contributed by atoms with Crippen LogP contribution in [0.5, 0.6) is 0 Å². The summed E-state index contributed by atoms with van der Waals surface area (Å²) in [5.74, 6) is 1.84. The van der Waals surface area contributed by atoms with E-state index in [1.54, 1.807) is 7.05 Å². The van der Waals surface area contributed by atoms with Gasteiger partial charge in [-0.25, -0.2) is 4.67 Å². The van der Waals surface area contributed by atoms with E-state index in [0.29, 0.717) is 6.61 Å². The third-order valence-corrected chi connectivity index (χ3v) is 5.38. The monoisotopic (exact) mass is 288 g/mol. The second-order valence-electron chi connectivity index (χ2n) is 5.24. The smallest absolute Gasteiger partial charge is 0.307 e. The number of unbranched alkanes of at least 4 members (excludes halogenated alkanes) is 6. The van der Waals surface area contributed by atoms with Gasteiger partial charge in [-0.15, -0.1) is 0 Å². The van der Waals surface area contributed by atoms with Crippen molar-refractivity contribution in [1.82, 2.24) is 4.67 Å². The molecule has 0 saturated carbocycles. The first-order valence-electron chi connectivity index (χ1n) is 7.37. The van der Waals surface area contributed by atoms with Crippen LogP contribution in [-0.2, 0) is 9.09 Å². The molecule has 112 valence electrons. The van der Waals surface area contributed by atoms with E-state index in [0.717, 1.165) is 12.8 Å². The van der Waals surface area contributed by atoms with Crippen molar-refractivity contribution in [2.24, 2.45) is 0 Å². The van der Waals surface area contributed by atoms with Gasteiger partial charge in [0.25, 0.3) is 0 Å². The Kier molecular flexibility index (Phi) is 10.2. The molecule has 0 aliphatic rings. The largest absolute Gasteiger partial charge is 0.371 e. The second-order valence-corrected chi connectivity index (χ2v) is 7.37. The summed E-state index contributed by atoms with van der Waals surface area (Å²) in [5, 5.41) is 9.02. The van der Waals surface area contributed by atoms with Crippen LogP contribution in [0.15, 0.2) is 0 Å². The molecule has 4 nitrogen and oxygen atoms in total. The molecule has 0 amide bonds. The minimum absolute atomic E-state index is 0.0412. The maximum Gasteiger partial charge on any atom is 0.371 e. The van der Waals surface area contributed by atoms with Gasteiger partial charge in [0, 0.05) is 6.04 Å². The molecule has 0 aromatic rings. The highest BCUT2D eigenvalue weighted by molar-refractivity contribution is 7.61. The van der Waals surface area contributed by atoms with Gasteiger partial charge >= 0.3 is 7.52 Å². The summed E-state index contributed by atoms with van der Waals surface area (Å²) >= 11 is 0. The van der Waals surface area contributed by atoms with Gasteiger partial charge in [0.2, 0.25) is 0 Å². The number of nitrogens with zero attached hydrogens (tertiary/aromatic N) is 2. The summed E-state index contributed by atoms with van der Waals surface area (Å²) < 4.78 is 19.1. The van der Waals surface area contributed by atoms with Crippen molar-refractivity contribution in [2.45, 2.75) is 71.8 Å². The van der Waals surface area contributed by atoms with Crippen molar-refractivity contribution in [2.75, 3.05) is 13.7 Å². The third kappa shape index (κ3) is 7.72. The average molecular weight is 288 g/mol. The van der Waals surface area contributed by atoms with Gasteiger partial charge in [0.15, 0.2) is 5.81 Å². The van der Waals surface area contributed by atoms with Gasteiger partial charge in [-0.3, -0.25) is 4.57 Å². The summed E-state index contributed by atoms with van der Waals surface area (Å²) in [5.41, 5.74) is 0. The van der Waals surface area contributed by atoms with Crippen LogP contribution in [0.3, 0.4) is 0 Å². The van der Waals surface area contributed by atoms with E-state index in [9.17, 15) is 4.57 Å². The summed E-state index contributed by atoms with van der Waals surface area (Å²) in [6.07, 6.45) is 8.28. The van der Waals surface area contributed by atoms with Crippen molar-refractivity contribution in [3.8, 4) is 5.81 Å². The molecule has 0 saturated heterocycles. The Morgan fingerprint density at radius 2 is 1.68 bits per heavy atom. The van der Waals surface area contributed by atoms with E-state index in [1.807, 2.05) is 19.7 Å². The average Bonchev–Trinajstić information content (AvgIpc) is 2.40. The molecule has 0 fully saturated rings. The molecule has 0 aliphatic heterocycles. The first-order chi connectivity index (χ1) is 8.98. The Morgan fingerprint density at radius 3 is 2.16 bits per heavy atom. The summed E-state index contributed by atoms with van der Waals surface area (Å²) in [6, 6.07) is 0.0412. The van der Waals surface area contributed by atoms with Crippen LogP contribution in [0.25, 0.3) is 0 Å². The van der Waals surface area contributed by atoms with Crippen LogP contribution >= 0.6 is 7.52 Å². The fraction of sp³-hybridized carbons (Fsp3) is 0.929. The van der Waals surface area contributed by atoms with Gasteiger partial charge in [-0.05, 0) is 27.3 Å². The summed E-state index contributed by atoms with van der Waals surface area (Å²) in [7, 11) is -1.59. The zero-order chi connectivity index (χ0) is 14.7. The van der Waals surface area contributed by atoms with Crippen LogP contribution in [-0.4, -0.2) is 24.4 Å². The normalized spacial score (nSPS) is 14.6. The third-order valence-electron chi connectivity index (χ3n) is 3.30. The number of hydrogen-bond donors (Lipinski definition) is 0. The van der Waals surface area contributed by atoms with Gasteiger partial charge in [0.05, 0.1) is 6.61 Å². The van der Waals surface area contributed by atoms with Gasteiger partial charge in [0.1, 0.15) is 0 Å². The number of nitriles is 1. The first-order valence-corrected chi connectivity index (χ1v) is 8.95. The van der Waals surface area contributed by atoms with E-state index >= 15 is 0 Å². The Labute approximate surface area is 118 Å². The van der Waals surface area contributed by atoms with Gasteiger partial charge in [-0.1, -0.05) is 45.4 Å². The van der Waals surface area contributed by atoms with Gasteiger partial charge < -0.3 is 4.52 Å². The second kappa shape index (κ2) is 10.4. The van der Waals surface area contributed by atoms with E-state index < -0.39 is 7.52 Å². The van der Waals surface area contributed by atoms with Crippen LogP contribution in [0.1, 0.15) is 65.7 Å². The van der Waals surface area contributed by atoms with Crippen molar-refractivity contribution in [1.29, 1.82) is 5.26 Å². The van der Waals surface area contributed by atoms with E-state index in [2.05, 4.69) is 6.92 Å². The SMILES string of the molecule is CCCCCCCCCOP(=O)(C#N)N(C)C(C)C.